The Hall–Kier alpha value is -3.80. The molecule has 12 heteroatoms. The molecule has 2 fully saturated rings. The number of rotatable bonds is 7. The minimum Gasteiger partial charge on any atom is -0.508 e. The van der Waals surface area contributed by atoms with E-state index >= 15 is 0 Å². The number of halogens is 3. The van der Waals surface area contributed by atoms with Gasteiger partial charge in [-0.05, 0) is 68.1 Å². The molecule has 2 N–H and O–H groups in total. The molecule has 5 rings (SSSR count). The van der Waals surface area contributed by atoms with Gasteiger partial charge in [-0.25, -0.2) is 4.98 Å². The van der Waals surface area contributed by atoms with Crippen LogP contribution in [0.15, 0.2) is 47.8 Å². The van der Waals surface area contributed by atoms with E-state index in [9.17, 15) is 27.9 Å². The summed E-state index contributed by atoms with van der Waals surface area (Å²) >= 11 is 1.34. The molecule has 40 heavy (non-hydrogen) atoms. The number of amides is 2. The van der Waals surface area contributed by atoms with E-state index in [4.69, 9.17) is 4.74 Å². The molecular weight excluding hydrogens is 545 g/mol. The molecule has 212 valence electrons. The van der Waals surface area contributed by atoms with E-state index in [1.807, 2.05) is 4.90 Å². The Bertz CT molecular complexity index is 1350. The largest absolute Gasteiger partial charge is 0.508 e. The van der Waals surface area contributed by atoms with Gasteiger partial charge in [-0.3, -0.25) is 9.59 Å². The predicted octanol–water partition coefficient (Wildman–Crippen LogP) is 5.51. The number of anilines is 2. The first-order valence-electron chi connectivity index (χ1n) is 13.1. The minimum atomic E-state index is -4.52. The predicted molar refractivity (Wildman–Crippen MR) is 145 cm³/mol. The van der Waals surface area contributed by atoms with Crippen molar-refractivity contribution in [3.05, 3.63) is 64.1 Å². The Morgan fingerprint density at radius 3 is 2.42 bits per heavy atom. The highest BCUT2D eigenvalue weighted by Crippen LogP contribution is 2.37. The second-order valence-corrected chi connectivity index (χ2v) is 10.8. The molecule has 0 bridgehead atoms. The maximum absolute atomic E-state index is 13.4. The zero-order chi connectivity index (χ0) is 28.3. The van der Waals surface area contributed by atoms with Gasteiger partial charge >= 0.3 is 6.18 Å². The van der Waals surface area contributed by atoms with Crippen molar-refractivity contribution >= 4 is 34.5 Å². The average molecular weight is 575 g/mol. The first kappa shape index (κ1) is 27.8. The summed E-state index contributed by atoms with van der Waals surface area (Å²) in [5.74, 6) is -0.0115. The molecule has 0 unspecified atom stereocenters. The minimum absolute atomic E-state index is 0.0716. The third kappa shape index (κ3) is 6.49. The van der Waals surface area contributed by atoms with Gasteiger partial charge in [-0.2, -0.15) is 13.2 Å². The number of phenolic OH excluding ortho intramolecular Hbond substituents is 1. The number of benzene rings is 2. The second-order valence-electron chi connectivity index (χ2n) is 9.89. The number of carbonyl (C=O) groups is 2. The van der Waals surface area contributed by atoms with E-state index in [1.165, 1.54) is 29.5 Å². The van der Waals surface area contributed by atoms with Gasteiger partial charge in [0.1, 0.15) is 17.2 Å². The number of aromatic nitrogens is 1. The van der Waals surface area contributed by atoms with Crippen LogP contribution < -0.4 is 15.0 Å². The molecule has 2 aliphatic rings. The number of piperidine rings is 1. The maximum Gasteiger partial charge on any atom is 0.416 e. The Morgan fingerprint density at radius 1 is 1.05 bits per heavy atom. The molecule has 1 aromatic heterocycles. The smallest absolute Gasteiger partial charge is 0.416 e. The van der Waals surface area contributed by atoms with Crippen LogP contribution in [0.5, 0.6) is 11.5 Å². The lowest BCUT2D eigenvalue weighted by Crippen LogP contribution is -2.40. The summed E-state index contributed by atoms with van der Waals surface area (Å²) in [6.45, 7) is 2.38. The number of nitrogens with zero attached hydrogens (tertiary/aromatic N) is 3. The maximum atomic E-state index is 13.4. The first-order valence-corrected chi connectivity index (χ1v) is 14.0. The Morgan fingerprint density at radius 2 is 1.75 bits per heavy atom. The van der Waals surface area contributed by atoms with Gasteiger partial charge in [0.05, 0.1) is 21.9 Å². The lowest BCUT2D eigenvalue weighted by molar-refractivity contribution is -0.137. The molecule has 0 radical (unpaired) electrons. The van der Waals surface area contributed by atoms with Crippen molar-refractivity contribution in [2.45, 2.75) is 37.8 Å². The van der Waals surface area contributed by atoms with Gasteiger partial charge in [-0.1, -0.05) is 0 Å². The van der Waals surface area contributed by atoms with Crippen molar-refractivity contribution in [2.24, 2.45) is 0 Å². The number of thiazole rings is 1. The van der Waals surface area contributed by atoms with Crippen LogP contribution in [-0.4, -0.2) is 59.6 Å². The van der Waals surface area contributed by atoms with Crippen molar-refractivity contribution in [1.82, 2.24) is 9.88 Å². The molecule has 2 aromatic carbocycles. The van der Waals surface area contributed by atoms with Crippen molar-refractivity contribution < 1.29 is 32.6 Å². The van der Waals surface area contributed by atoms with E-state index in [2.05, 4.69) is 10.3 Å². The summed E-state index contributed by atoms with van der Waals surface area (Å²) in [5, 5.41) is 14.4. The number of nitrogens with one attached hydrogen (secondary N) is 1. The third-order valence-electron chi connectivity index (χ3n) is 7.17. The lowest BCUT2D eigenvalue weighted by atomic mass is 9.97. The van der Waals surface area contributed by atoms with Crippen molar-refractivity contribution in [3.63, 3.8) is 0 Å². The van der Waals surface area contributed by atoms with Crippen molar-refractivity contribution in [1.29, 1.82) is 0 Å². The number of likely N-dealkylation sites (tertiary alicyclic amines) is 1. The Balaban J connectivity index is 1.19. The number of phenols is 1. The average Bonchev–Trinajstić information content (AvgIpc) is 3.65. The molecule has 2 aliphatic heterocycles. The van der Waals surface area contributed by atoms with Crippen LogP contribution in [0.25, 0.3) is 0 Å². The number of ether oxygens (including phenoxy) is 1. The van der Waals surface area contributed by atoms with Gasteiger partial charge in [0, 0.05) is 37.5 Å². The van der Waals surface area contributed by atoms with Gasteiger partial charge in [0.15, 0.2) is 6.61 Å². The van der Waals surface area contributed by atoms with Gasteiger partial charge in [0.2, 0.25) is 0 Å². The van der Waals surface area contributed by atoms with Gasteiger partial charge < -0.3 is 25.0 Å². The molecule has 0 atom stereocenters. The SMILES string of the molecule is O=C(Nc1cc(C(F)(F)F)ccc1N1CCCC1)c1csc(C2CCN(C(=O)COc3ccc(O)cc3)CC2)n1. The van der Waals surface area contributed by atoms with Crippen LogP contribution in [0, 0.1) is 0 Å². The van der Waals surface area contributed by atoms with Crippen LogP contribution in [-0.2, 0) is 11.0 Å². The van der Waals surface area contributed by atoms with Gasteiger partial charge in [0.25, 0.3) is 11.8 Å². The number of hydrogen-bond donors (Lipinski definition) is 2. The first-order chi connectivity index (χ1) is 19.2. The normalized spacial score (nSPS) is 16.3. The van der Waals surface area contributed by atoms with Crippen LogP contribution in [0.2, 0.25) is 0 Å². The Kier molecular flexibility index (Phi) is 8.15. The van der Waals surface area contributed by atoms with Crippen molar-refractivity contribution in [3.8, 4) is 11.5 Å². The number of carbonyl (C=O) groups excluding carboxylic acids is 2. The van der Waals surface area contributed by atoms with Crippen LogP contribution in [0.4, 0.5) is 24.5 Å². The summed E-state index contributed by atoms with van der Waals surface area (Å²) < 4.78 is 45.7. The monoisotopic (exact) mass is 574 g/mol. The highest BCUT2D eigenvalue weighted by Gasteiger charge is 2.32. The summed E-state index contributed by atoms with van der Waals surface area (Å²) in [6, 6.07) is 9.59. The van der Waals surface area contributed by atoms with E-state index in [0.717, 1.165) is 43.1 Å². The summed E-state index contributed by atoms with van der Waals surface area (Å²) in [7, 11) is 0. The molecular formula is C28H29F3N4O4S. The number of alkyl halides is 3. The molecule has 8 nitrogen and oxygen atoms in total. The standard InChI is InChI=1S/C28H29F3N4O4S/c29-28(30,31)19-3-8-24(34-11-1-2-12-34)22(15-19)32-26(38)23-17-40-27(33-23)18-9-13-35(14-10-18)25(37)16-39-21-6-4-20(36)5-7-21/h3-8,15,17-18,36H,1-2,9-14,16H2,(H,32,38). The highest BCUT2D eigenvalue weighted by molar-refractivity contribution is 7.10. The van der Waals surface area contributed by atoms with E-state index in [0.29, 0.717) is 37.4 Å². The fourth-order valence-corrected chi connectivity index (χ4v) is 5.94. The summed E-state index contributed by atoms with van der Waals surface area (Å²) in [4.78, 5) is 33.8. The van der Waals surface area contributed by atoms with Crippen LogP contribution in [0.3, 0.4) is 0 Å². The number of aromatic hydroxyl groups is 1. The van der Waals surface area contributed by atoms with Crippen LogP contribution >= 0.6 is 11.3 Å². The van der Waals surface area contributed by atoms with Crippen LogP contribution in [0.1, 0.15) is 52.7 Å². The molecule has 2 saturated heterocycles. The summed E-state index contributed by atoms with van der Waals surface area (Å²) in [5.41, 5.74) is 0.0309. The van der Waals surface area contributed by atoms with E-state index < -0.39 is 17.6 Å². The highest BCUT2D eigenvalue weighted by atomic mass is 32.1. The zero-order valence-corrected chi connectivity index (χ0v) is 22.4. The number of hydrogen-bond acceptors (Lipinski definition) is 7. The molecule has 0 aliphatic carbocycles. The molecule has 0 saturated carbocycles. The second kappa shape index (κ2) is 11.7. The topological polar surface area (TPSA) is 95.0 Å². The third-order valence-corrected chi connectivity index (χ3v) is 8.18. The molecule has 3 heterocycles. The zero-order valence-electron chi connectivity index (χ0n) is 21.6. The lowest BCUT2D eigenvalue weighted by Gasteiger charge is -2.31. The Labute approximate surface area is 233 Å². The molecule has 3 aromatic rings. The molecule has 2 amide bonds. The van der Waals surface area contributed by atoms with E-state index in [1.54, 1.807) is 22.4 Å². The van der Waals surface area contributed by atoms with Gasteiger partial charge in [-0.15, -0.1) is 11.3 Å². The molecule has 0 spiro atoms. The summed E-state index contributed by atoms with van der Waals surface area (Å²) in [6.07, 6.45) is -1.29. The fraction of sp³-hybridized carbons (Fsp3) is 0.393. The van der Waals surface area contributed by atoms with E-state index in [-0.39, 0.29) is 35.6 Å². The van der Waals surface area contributed by atoms with Crippen molar-refractivity contribution in [2.75, 3.05) is 43.0 Å². The fourth-order valence-electron chi connectivity index (χ4n) is 4.97. The quantitative estimate of drug-likeness (QED) is 0.387.